The van der Waals surface area contributed by atoms with Crippen LogP contribution in [-0.4, -0.2) is 23.1 Å². The predicted octanol–water partition coefficient (Wildman–Crippen LogP) is 4.57. The van der Waals surface area contributed by atoms with E-state index in [2.05, 4.69) is 46.6 Å². The Hall–Kier alpha value is -2.10. The Balaban J connectivity index is 2.07. The third-order valence-corrected chi connectivity index (χ3v) is 3.50. The molecule has 0 fully saturated rings. The van der Waals surface area contributed by atoms with Crippen LogP contribution in [0.1, 0.15) is 39.5 Å². The van der Waals surface area contributed by atoms with Gasteiger partial charge in [-0.05, 0) is 37.1 Å². The van der Waals surface area contributed by atoms with Crippen LogP contribution in [-0.2, 0) is 0 Å². The van der Waals surface area contributed by atoms with Crippen molar-refractivity contribution in [2.75, 3.05) is 23.7 Å². The standard InChI is InChI=1S/C18H26N4/c1-3-5-9-19-15-7-11-21-17(13-15)18-14-16(8-12-22-18)20-10-6-4-2/h7-8,11-14H,3-6,9-10H2,1-2H3,(H,19,21)(H,20,22). The number of pyridine rings is 2. The maximum atomic E-state index is 4.45. The van der Waals surface area contributed by atoms with Crippen molar-refractivity contribution in [1.29, 1.82) is 0 Å². The van der Waals surface area contributed by atoms with Crippen LogP contribution in [0.3, 0.4) is 0 Å². The number of hydrogen-bond donors (Lipinski definition) is 2. The highest BCUT2D eigenvalue weighted by Crippen LogP contribution is 2.21. The molecule has 0 aliphatic carbocycles. The summed E-state index contributed by atoms with van der Waals surface area (Å²) in [4.78, 5) is 8.89. The minimum absolute atomic E-state index is 0.903. The monoisotopic (exact) mass is 298 g/mol. The second-order valence-electron chi connectivity index (χ2n) is 5.42. The Bertz CT molecular complexity index is 517. The summed E-state index contributed by atoms with van der Waals surface area (Å²) in [5.41, 5.74) is 4.01. The molecule has 0 aromatic carbocycles. The average molecular weight is 298 g/mol. The Morgan fingerprint density at radius 1 is 0.773 bits per heavy atom. The van der Waals surface area contributed by atoms with E-state index in [1.54, 1.807) is 0 Å². The molecule has 2 aromatic rings. The van der Waals surface area contributed by atoms with Crippen LogP contribution < -0.4 is 10.6 Å². The van der Waals surface area contributed by atoms with Crippen molar-refractivity contribution in [2.24, 2.45) is 0 Å². The lowest BCUT2D eigenvalue weighted by atomic mass is 10.2. The van der Waals surface area contributed by atoms with E-state index in [4.69, 9.17) is 0 Å². The van der Waals surface area contributed by atoms with Gasteiger partial charge < -0.3 is 10.6 Å². The molecule has 0 aliphatic rings. The minimum Gasteiger partial charge on any atom is -0.385 e. The summed E-state index contributed by atoms with van der Waals surface area (Å²) in [6.07, 6.45) is 8.40. The lowest BCUT2D eigenvalue weighted by molar-refractivity contribution is 0.834. The van der Waals surface area contributed by atoms with E-state index < -0.39 is 0 Å². The van der Waals surface area contributed by atoms with Gasteiger partial charge in [0.1, 0.15) is 0 Å². The number of anilines is 2. The van der Waals surface area contributed by atoms with Crippen molar-refractivity contribution in [3.8, 4) is 11.4 Å². The van der Waals surface area contributed by atoms with Crippen molar-refractivity contribution in [3.05, 3.63) is 36.7 Å². The van der Waals surface area contributed by atoms with Gasteiger partial charge in [0.15, 0.2) is 0 Å². The van der Waals surface area contributed by atoms with Gasteiger partial charge in [-0.2, -0.15) is 0 Å². The van der Waals surface area contributed by atoms with Gasteiger partial charge in [0.25, 0.3) is 0 Å². The van der Waals surface area contributed by atoms with Crippen molar-refractivity contribution < 1.29 is 0 Å². The number of nitrogens with one attached hydrogen (secondary N) is 2. The summed E-state index contributed by atoms with van der Waals surface area (Å²) in [6.45, 7) is 6.37. The van der Waals surface area contributed by atoms with E-state index in [1.165, 1.54) is 25.7 Å². The molecular formula is C18H26N4. The summed E-state index contributed by atoms with van der Waals surface area (Å²) >= 11 is 0. The third-order valence-electron chi connectivity index (χ3n) is 3.50. The Kier molecular flexibility index (Phi) is 6.68. The molecule has 0 saturated heterocycles. The van der Waals surface area contributed by atoms with Gasteiger partial charge in [-0.25, -0.2) is 0 Å². The fourth-order valence-electron chi connectivity index (χ4n) is 2.18. The first-order valence-electron chi connectivity index (χ1n) is 8.23. The van der Waals surface area contributed by atoms with Crippen molar-refractivity contribution in [2.45, 2.75) is 39.5 Å². The van der Waals surface area contributed by atoms with E-state index in [0.29, 0.717) is 0 Å². The lowest BCUT2D eigenvalue weighted by Gasteiger charge is -2.09. The van der Waals surface area contributed by atoms with E-state index >= 15 is 0 Å². The molecule has 0 atom stereocenters. The first-order valence-corrected chi connectivity index (χ1v) is 8.23. The molecular weight excluding hydrogens is 272 g/mol. The molecule has 0 radical (unpaired) electrons. The molecule has 0 saturated carbocycles. The second-order valence-corrected chi connectivity index (χ2v) is 5.42. The van der Waals surface area contributed by atoms with Crippen LogP contribution >= 0.6 is 0 Å². The average Bonchev–Trinajstić information content (AvgIpc) is 2.56. The molecule has 2 rings (SSSR count). The number of nitrogens with zero attached hydrogens (tertiary/aromatic N) is 2. The van der Waals surface area contributed by atoms with Gasteiger partial charge in [-0.3, -0.25) is 9.97 Å². The topological polar surface area (TPSA) is 49.8 Å². The predicted molar refractivity (Wildman–Crippen MR) is 94.3 cm³/mol. The highest BCUT2D eigenvalue weighted by Gasteiger charge is 2.03. The van der Waals surface area contributed by atoms with E-state index in [1.807, 2.05) is 24.5 Å². The van der Waals surface area contributed by atoms with E-state index in [-0.39, 0.29) is 0 Å². The molecule has 22 heavy (non-hydrogen) atoms. The van der Waals surface area contributed by atoms with E-state index in [9.17, 15) is 0 Å². The normalized spacial score (nSPS) is 10.5. The van der Waals surface area contributed by atoms with E-state index in [0.717, 1.165) is 35.9 Å². The Morgan fingerprint density at radius 3 is 1.64 bits per heavy atom. The summed E-state index contributed by atoms with van der Waals surface area (Å²) in [5.74, 6) is 0. The molecule has 4 heteroatoms. The van der Waals surface area contributed by atoms with Crippen LogP contribution in [0.2, 0.25) is 0 Å². The van der Waals surface area contributed by atoms with Crippen LogP contribution in [0, 0.1) is 0 Å². The fourth-order valence-corrected chi connectivity index (χ4v) is 2.18. The molecule has 0 amide bonds. The molecule has 2 N–H and O–H groups in total. The van der Waals surface area contributed by atoms with Crippen molar-refractivity contribution in [3.63, 3.8) is 0 Å². The van der Waals surface area contributed by atoms with Crippen molar-refractivity contribution >= 4 is 11.4 Å². The number of aromatic nitrogens is 2. The van der Waals surface area contributed by atoms with Gasteiger partial charge in [0.2, 0.25) is 0 Å². The molecule has 118 valence electrons. The largest absolute Gasteiger partial charge is 0.385 e. The van der Waals surface area contributed by atoms with Gasteiger partial charge >= 0.3 is 0 Å². The first-order chi connectivity index (χ1) is 10.8. The maximum absolute atomic E-state index is 4.45. The quantitative estimate of drug-likeness (QED) is 0.666. The zero-order valence-corrected chi connectivity index (χ0v) is 13.6. The van der Waals surface area contributed by atoms with Crippen LogP contribution in [0.25, 0.3) is 11.4 Å². The lowest BCUT2D eigenvalue weighted by Crippen LogP contribution is -2.02. The van der Waals surface area contributed by atoms with Crippen LogP contribution in [0.4, 0.5) is 11.4 Å². The van der Waals surface area contributed by atoms with Crippen LogP contribution in [0.5, 0.6) is 0 Å². The Labute approximate surface area is 133 Å². The number of unbranched alkanes of at least 4 members (excludes halogenated alkanes) is 2. The second kappa shape index (κ2) is 9.03. The van der Waals surface area contributed by atoms with Crippen molar-refractivity contribution in [1.82, 2.24) is 9.97 Å². The fraction of sp³-hybridized carbons (Fsp3) is 0.444. The van der Waals surface area contributed by atoms with Gasteiger partial charge in [0.05, 0.1) is 11.4 Å². The van der Waals surface area contributed by atoms with Gasteiger partial charge in [0, 0.05) is 36.9 Å². The van der Waals surface area contributed by atoms with Gasteiger partial charge in [-0.15, -0.1) is 0 Å². The summed E-state index contributed by atoms with van der Waals surface area (Å²) in [7, 11) is 0. The molecule has 4 nitrogen and oxygen atoms in total. The first kappa shape index (κ1) is 16.3. The smallest absolute Gasteiger partial charge is 0.0907 e. The highest BCUT2D eigenvalue weighted by molar-refractivity contribution is 5.64. The Morgan fingerprint density at radius 2 is 1.23 bits per heavy atom. The molecule has 2 aromatic heterocycles. The maximum Gasteiger partial charge on any atom is 0.0907 e. The summed E-state index contributed by atoms with van der Waals surface area (Å²) in [6, 6.07) is 8.13. The molecule has 2 heterocycles. The molecule has 0 unspecified atom stereocenters. The summed E-state index contributed by atoms with van der Waals surface area (Å²) in [5, 5.41) is 6.86. The number of rotatable bonds is 9. The van der Waals surface area contributed by atoms with Gasteiger partial charge in [-0.1, -0.05) is 26.7 Å². The zero-order valence-electron chi connectivity index (χ0n) is 13.6. The number of hydrogen-bond acceptors (Lipinski definition) is 4. The molecule has 0 bridgehead atoms. The molecule has 0 aliphatic heterocycles. The minimum atomic E-state index is 0.903. The van der Waals surface area contributed by atoms with Crippen LogP contribution in [0.15, 0.2) is 36.7 Å². The highest BCUT2D eigenvalue weighted by atomic mass is 14.9. The third kappa shape index (κ3) is 5.02. The SMILES string of the molecule is CCCCNc1ccnc(-c2cc(NCCCC)ccn2)c1. The molecule has 0 spiro atoms. The zero-order chi connectivity index (χ0) is 15.6. The summed E-state index contributed by atoms with van der Waals surface area (Å²) < 4.78 is 0.